The van der Waals surface area contributed by atoms with Gasteiger partial charge >= 0.3 is 0 Å². The van der Waals surface area contributed by atoms with E-state index in [1.807, 2.05) is 6.92 Å². The highest BCUT2D eigenvalue weighted by Gasteiger charge is 2.21. The molecule has 1 atom stereocenters. The van der Waals surface area contributed by atoms with E-state index in [2.05, 4.69) is 47.5 Å². The molecule has 2 rings (SSSR count). The number of hydrogen-bond acceptors (Lipinski definition) is 5. The number of ether oxygens (including phenoxy) is 1. The monoisotopic (exact) mass is 279 g/mol. The van der Waals surface area contributed by atoms with Gasteiger partial charge in [-0.15, -0.1) is 11.3 Å². The quantitative estimate of drug-likeness (QED) is 0.872. The average molecular weight is 279 g/mol. The molecule has 1 N–H and O–H groups in total. The van der Waals surface area contributed by atoms with E-state index in [-0.39, 0.29) is 6.10 Å². The standard InChI is InChI=1S/C14H21N3OS/c1-5-15-12-10-7-8-19-14(10)17-13(16-12)11(9(3)4)18-6-2/h7-9,11H,5-6H2,1-4H3,(H,15,16,17). The zero-order valence-corrected chi connectivity index (χ0v) is 12.8. The Morgan fingerprint density at radius 2 is 2.11 bits per heavy atom. The van der Waals surface area contributed by atoms with Crippen molar-refractivity contribution in [3.8, 4) is 0 Å². The van der Waals surface area contributed by atoms with Crippen LogP contribution in [-0.4, -0.2) is 23.1 Å². The molecule has 2 aromatic heterocycles. The summed E-state index contributed by atoms with van der Waals surface area (Å²) in [6, 6.07) is 2.06. The molecule has 2 heterocycles. The number of nitrogens with zero attached hydrogens (tertiary/aromatic N) is 2. The molecule has 0 bridgehead atoms. The van der Waals surface area contributed by atoms with Crippen LogP contribution in [0.5, 0.6) is 0 Å². The van der Waals surface area contributed by atoms with Crippen LogP contribution in [0.15, 0.2) is 11.4 Å². The third kappa shape index (κ3) is 3.04. The van der Waals surface area contributed by atoms with Gasteiger partial charge in [0.15, 0.2) is 5.82 Å². The van der Waals surface area contributed by atoms with Crippen molar-refractivity contribution in [1.29, 1.82) is 0 Å². The zero-order valence-electron chi connectivity index (χ0n) is 11.9. The molecule has 0 amide bonds. The number of anilines is 1. The molecule has 0 spiro atoms. The summed E-state index contributed by atoms with van der Waals surface area (Å²) in [7, 11) is 0. The van der Waals surface area contributed by atoms with Crippen LogP contribution < -0.4 is 5.32 Å². The fourth-order valence-corrected chi connectivity index (χ4v) is 2.82. The lowest BCUT2D eigenvalue weighted by Crippen LogP contribution is -2.15. The molecule has 2 aromatic rings. The van der Waals surface area contributed by atoms with Crippen molar-refractivity contribution in [3.05, 3.63) is 17.3 Å². The summed E-state index contributed by atoms with van der Waals surface area (Å²) in [4.78, 5) is 10.3. The first-order valence-corrected chi connectivity index (χ1v) is 7.65. The Hall–Kier alpha value is -1.20. The number of rotatable bonds is 6. The van der Waals surface area contributed by atoms with Crippen molar-refractivity contribution in [1.82, 2.24) is 9.97 Å². The third-order valence-electron chi connectivity index (χ3n) is 2.89. The van der Waals surface area contributed by atoms with Gasteiger partial charge in [-0.05, 0) is 31.2 Å². The van der Waals surface area contributed by atoms with Crippen molar-refractivity contribution in [2.24, 2.45) is 5.92 Å². The van der Waals surface area contributed by atoms with E-state index in [0.717, 1.165) is 28.4 Å². The highest BCUT2D eigenvalue weighted by Crippen LogP contribution is 2.30. The first-order chi connectivity index (χ1) is 9.17. The van der Waals surface area contributed by atoms with Crippen molar-refractivity contribution in [2.45, 2.75) is 33.8 Å². The van der Waals surface area contributed by atoms with E-state index >= 15 is 0 Å². The zero-order chi connectivity index (χ0) is 13.8. The van der Waals surface area contributed by atoms with Crippen LogP contribution >= 0.6 is 11.3 Å². The molecule has 0 aliphatic carbocycles. The fraction of sp³-hybridized carbons (Fsp3) is 0.571. The molecule has 0 aliphatic heterocycles. The Bertz CT molecular complexity index is 538. The molecule has 19 heavy (non-hydrogen) atoms. The van der Waals surface area contributed by atoms with Gasteiger partial charge in [0.25, 0.3) is 0 Å². The molecule has 0 fully saturated rings. The van der Waals surface area contributed by atoms with Crippen molar-refractivity contribution in [3.63, 3.8) is 0 Å². The predicted octanol–water partition coefficient (Wildman–Crippen LogP) is 3.86. The Balaban J connectivity index is 2.47. The minimum absolute atomic E-state index is 0.0473. The number of thiophene rings is 1. The highest BCUT2D eigenvalue weighted by atomic mass is 32.1. The Morgan fingerprint density at radius 1 is 1.32 bits per heavy atom. The fourth-order valence-electron chi connectivity index (χ4n) is 2.05. The maximum absolute atomic E-state index is 5.80. The van der Waals surface area contributed by atoms with Crippen LogP contribution in [0.1, 0.15) is 39.6 Å². The van der Waals surface area contributed by atoms with Gasteiger partial charge in [-0.3, -0.25) is 0 Å². The van der Waals surface area contributed by atoms with Gasteiger partial charge in [0.05, 0.1) is 5.39 Å². The molecule has 104 valence electrons. The van der Waals surface area contributed by atoms with Crippen LogP contribution in [0, 0.1) is 5.92 Å². The van der Waals surface area contributed by atoms with Gasteiger partial charge in [0, 0.05) is 13.2 Å². The SMILES string of the molecule is CCNc1nc(C(OCC)C(C)C)nc2sccc12. The molecular formula is C14H21N3OS. The van der Waals surface area contributed by atoms with E-state index in [1.54, 1.807) is 11.3 Å². The normalized spacial score (nSPS) is 13.1. The Morgan fingerprint density at radius 3 is 2.74 bits per heavy atom. The average Bonchev–Trinajstić information content (AvgIpc) is 2.84. The van der Waals surface area contributed by atoms with E-state index in [0.29, 0.717) is 12.5 Å². The maximum atomic E-state index is 5.80. The summed E-state index contributed by atoms with van der Waals surface area (Å²) >= 11 is 1.64. The van der Waals surface area contributed by atoms with Crippen molar-refractivity contribution in [2.75, 3.05) is 18.5 Å². The Labute approximate surface area is 118 Å². The lowest BCUT2D eigenvalue weighted by Gasteiger charge is -2.20. The molecule has 4 nitrogen and oxygen atoms in total. The topological polar surface area (TPSA) is 47.0 Å². The largest absolute Gasteiger partial charge is 0.370 e. The van der Waals surface area contributed by atoms with Crippen LogP contribution in [-0.2, 0) is 4.74 Å². The number of fused-ring (bicyclic) bond motifs is 1. The highest BCUT2D eigenvalue weighted by molar-refractivity contribution is 7.16. The second-order valence-electron chi connectivity index (χ2n) is 4.72. The minimum atomic E-state index is -0.0473. The third-order valence-corrected chi connectivity index (χ3v) is 3.70. The molecule has 0 saturated carbocycles. The lowest BCUT2D eigenvalue weighted by atomic mass is 10.1. The molecule has 5 heteroatoms. The first-order valence-electron chi connectivity index (χ1n) is 6.78. The summed E-state index contributed by atoms with van der Waals surface area (Å²) in [5, 5.41) is 6.46. The van der Waals surface area contributed by atoms with Gasteiger partial charge in [0.1, 0.15) is 16.8 Å². The number of nitrogens with one attached hydrogen (secondary N) is 1. The summed E-state index contributed by atoms with van der Waals surface area (Å²) in [5.41, 5.74) is 0. The van der Waals surface area contributed by atoms with Gasteiger partial charge in [-0.1, -0.05) is 13.8 Å². The second kappa shape index (κ2) is 6.30. The summed E-state index contributed by atoms with van der Waals surface area (Å²) < 4.78 is 5.80. The van der Waals surface area contributed by atoms with E-state index in [4.69, 9.17) is 4.74 Å². The van der Waals surface area contributed by atoms with Gasteiger partial charge in [0.2, 0.25) is 0 Å². The van der Waals surface area contributed by atoms with Gasteiger partial charge < -0.3 is 10.1 Å². The first kappa shape index (κ1) is 14.2. The van der Waals surface area contributed by atoms with E-state index in [9.17, 15) is 0 Å². The molecule has 0 saturated heterocycles. The Kier molecular flexibility index (Phi) is 4.71. The van der Waals surface area contributed by atoms with E-state index < -0.39 is 0 Å². The molecular weight excluding hydrogens is 258 g/mol. The minimum Gasteiger partial charge on any atom is -0.370 e. The molecule has 0 radical (unpaired) electrons. The summed E-state index contributed by atoms with van der Waals surface area (Å²) in [6.45, 7) is 9.87. The van der Waals surface area contributed by atoms with Gasteiger partial charge in [-0.25, -0.2) is 9.97 Å². The van der Waals surface area contributed by atoms with Crippen LogP contribution in [0.25, 0.3) is 10.2 Å². The summed E-state index contributed by atoms with van der Waals surface area (Å²) in [6.07, 6.45) is -0.0473. The van der Waals surface area contributed by atoms with E-state index in [1.165, 1.54) is 0 Å². The number of hydrogen-bond donors (Lipinski definition) is 1. The van der Waals surface area contributed by atoms with Crippen molar-refractivity contribution < 1.29 is 4.74 Å². The molecule has 1 unspecified atom stereocenters. The van der Waals surface area contributed by atoms with Crippen molar-refractivity contribution >= 4 is 27.4 Å². The van der Waals surface area contributed by atoms with Crippen LogP contribution in [0.2, 0.25) is 0 Å². The second-order valence-corrected chi connectivity index (χ2v) is 5.61. The molecule has 0 aromatic carbocycles. The van der Waals surface area contributed by atoms with Crippen LogP contribution in [0.4, 0.5) is 5.82 Å². The van der Waals surface area contributed by atoms with Gasteiger partial charge in [-0.2, -0.15) is 0 Å². The van der Waals surface area contributed by atoms with Crippen LogP contribution in [0.3, 0.4) is 0 Å². The number of aromatic nitrogens is 2. The maximum Gasteiger partial charge on any atom is 0.161 e. The predicted molar refractivity (Wildman–Crippen MR) is 80.8 cm³/mol. The lowest BCUT2D eigenvalue weighted by molar-refractivity contribution is 0.0236. The molecule has 0 aliphatic rings. The summed E-state index contributed by atoms with van der Waals surface area (Å²) in [5.74, 6) is 2.05. The smallest absolute Gasteiger partial charge is 0.161 e.